The molecule has 0 bridgehead atoms. The van der Waals surface area contributed by atoms with E-state index in [9.17, 15) is 15.3 Å². The molecule has 0 spiro atoms. The molecule has 1 aliphatic rings. The third kappa shape index (κ3) is 7.81. The van der Waals surface area contributed by atoms with Crippen molar-refractivity contribution in [1.29, 1.82) is 0 Å². The molecule has 0 aliphatic carbocycles. The van der Waals surface area contributed by atoms with Crippen LogP contribution in [0.3, 0.4) is 0 Å². The van der Waals surface area contributed by atoms with Gasteiger partial charge >= 0.3 is 0 Å². The number of aromatic hydroxyl groups is 1. The summed E-state index contributed by atoms with van der Waals surface area (Å²) in [6.07, 6.45) is 12.2. The quantitative estimate of drug-likeness (QED) is 0.446. The number of likely N-dealkylation sites (tertiary alicyclic amines) is 1. The van der Waals surface area contributed by atoms with E-state index in [-0.39, 0.29) is 18.5 Å². The normalized spacial score (nSPS) is 17.3. The van der Waals surface area contributed by atoms with Crippen LogP contribution in [0.5, 0.6) is 5.75 Å². The molecule has 2 rings (SSSR count). The summed E-state index contributed by atoms with van der Waals surface area (Å²) in [7, 11) is 0. The number of rotatable bonds is 13. The second-order valence-electron chi connectivity index (χ2n) is 8.15. The van der Waals surface area contributed by atoms with Gasteiger partial charge in [0.1, 0.15) is 5.75 Å². The topological polar surface area (TPSA) is 63.9 Å². The highest BCUT2D eigenvalue weighted by atomic mass is 16.3. The van der Waals surface area contributed by atoms with E-state index in [2.05, 4.69) is 11.8 Å². The molecule has 1 aromatic rings. The molecule has 3 N–H and O–H groups in total. The molecule has 2 atom stereocenters. The van der Waals surface area contributed by atoms with Crippen LogP contribution in [0.1, 0.15) is 82.3 Å². The number of unbranched alkanes of at least 4 members (excludes halogenated alkanes) is 4. The van der Waals surface area contributed by atoms with Crippen LogP contribution < -0.4 is 0 Å². The second kappa shape index (κ2) is 12.4. The zero-order chi connectivity index (χ0) is 19.5. The fourth-order valence-corrected chi connectivity index (χ4v) is 4.23. The molecular weight excluding hydrogens is 338 g/mol. The molecule has 27 heavy (non-hydrogen) atoms. The Hall–Kier alpha value is -1.10. The maximum Gasteiger partial charge on any atom is 0.121 e. The van der Waals surface area contributed by atoms with Crippen molar-refractivity contribution >= 4 is 0 Å². The van der Waals surface area contributed by atoms with E-state index in [1.807, 2.05) is 12.1 Å². The molecule has 0 amide bonds. The van der Waals surface area contributed by atoms with E-state index in [0.717, 1.165) is 50.8 Å². The van der Waals surface area contributed by atoms with Crippen molar-refractivity contribution in [3.8, 4) is 5.75 Å². The number of aliphatic hydroxyl groups is 2. The summed E-state index contributed by atoms with van der Waals surface area (Å²) >= 11 is 0. The number of aryl methyl sites for hydroxylation is 1. The van der Waals surface area contributed by atoms with E-state index in [4.69, 9.17) is 0 Å². The van der Waals surface area contributed by atoms with E-state index >= 15 is 0 Å². The van der Waals surface area contributed by atoms with Gasteiger partial charge in [0.15, 0.2) is 0 Å². The van der Waals surface area contributed by atoms with Crippen molar-refractivity contribution in [3.05, 3.63) is 29.3 Å². The largest absolute Gasteiger partial charge is 0.508 e. The Morgan fingerprint density at radius 3 is 2.48 bits per heavy atom. The molecule has 2 unspecified atom stereocenters. The fraction of sp³-hybridized carbons (Fsp3) is 0.739. The standard InChI is InChI=1S/C23H39NO3/c1-2-3-4-5-6-9-22(26)17-21(24-14-7-8-15-24)12-10-19-11-13-23(27)20(16-19)18-25/h11,13,16,21-22,25-27H,2-10,12,14-15,17-18H2,1H3. The number of hydrogen-bond acceptors (Lipinski definition) is 4. The van der Waals surface area contributed by atoms with Gasteiger partial charge in [-0.05, 0) is 69.3 Å². The van der Waals surface area contributed by atoms with Gasteiger partial charge in [0, 0.05) is 11.6 Å². The number of aliphatic hydroxyl groups excluding tert-OH is 2. The van der Waals surface area contributed by atoms with Crippen LogP contribution in [-0.2, 0) is 13.0 Å². The maximum atomic E-state index is 10.6. The van der Waals surface area contributed by atoms with Crippen LogP contribution in [0.2, 0.25) is 0 Å². The Balaban J connectivity index is 1.84. The van der Waals surface area contributed by atoms with Crippen molar-refractivity contribution < 1.29 is 15.3 Å². The number of phenols is 1. The van der Waals surface area contributed by atoms with Crippen molar-refractivity contribution in [2.24, 2.45) is 0 Å². The Bertz CT molecular complexity index is 528. The third-order valence-electron chi connectivity index (χ3n) is 5.92. The first-order valence-electron chi connectivity index (χ1n) is 11.0. The van der Waals surface area contributed by atoms with Gasteiger partial charge in [0.2, 0.25) is 0 Å². The zero-order valence-corrected chi connectivity index (χ0v) is 17.1. The number of hydrogen-bond donors (Lipinski definition) is 3. The van der Waals surface area contributed by atoms with Crippen molar-refractivity contribution in [1.82, 2.24) is 4.90 Å². The minimum atomic E-state index is -0.204. The second-order valence-corrected chi connectivity index (χ2v) is 8.15. The van der Waals surface area contributed by atoms with Crippen LogP contribution in [-0.4, -0.2) is 45.5 Å². The highest BCUT2D eigenvalue weighted by Crippen LogP contribution is 2.24. The van der Waals surface area contributed by atoms with Gasteiger partial charge in [-0.3, -0.25) is 0 Å². The van der Waals surface area contributed by atoms with Gasteiger partial charge in [-0.1, -0.05) is 45.1 Å². The molecule has 0 saturated carbocycles. The van der Waals surface area contributed by atoms with Gasteiger partial charge in [-0.15, -0.1) is 0 Å². The molecule has 1 fully saturated rings. The molecular formula is C23H39NO3. The van der Waals surface area contributed by atoms with Gasteiger partial charge in [0.05, 0.1) is 12.7 Å². The van der Waals surface area contributed by atoms with E-state index in [1.165, 1.54) is 38.5 Å². The van der Waals surface area contributed by atoms with Crippen LogP contribution in [0, 0.1) is 0 Å². The van der Waals surface area contributed by atoms with Gasteiger partial charge in [-0.2, -0.15) is 0 Å². The number of benzene rings is 1. The van der Waals surface area contributed by atoms with Crippen LogP contribution in [0.25, 0.3) is 0 Å². The maximum absolute atomic E-state index is 10.6. The molecule has 4 nitrogen and oxygen atoms in total. The van der Waals surface area contributed by atoms with Crippen LogP contribution in [0.15, 0.2) is 18.2 Å². The average molecular weight is 378 g/mol. The molecule has 1 aliphatic heterocycles. The minimum Gasteiger partial charge on any atom is -0.508 e. The summed E-state index contributed by atoms with van der Waals surface area (Å²) in [5.74, 6) is 0.163. The highest BCUT2D eigenvalue weighted by molar-refractivity contribution is 5.35. The third-order valence-corrected chi connectivity index (χ3v) is 5.92. The SMILES string of the molecule is CCCCCCCC(O)CC(CCc1ccc(O)c(CO)c1)N1CCCC1. The molecule has 0 radical (unpaired) electrons. The average Bonchev–Trinajstić information content (AvgIpc) is 3.20. The first-order chi connectivity index (χ1) is 13.1. The summed E-state index contributed by atoms with van der Waals surface area (Å²) in [4.78, 5) is 2.55. The summed E-state index contributed by atoms with van der Waals surface area (Å²) < 4.78 is 0. The fourth-order valence-electron chi connectivity index (χ4n) is 4.23. The van der Waals surface area contributed by atoms with Crippen molar-refractivity contribution in [2.45, 2.75) is 96.3 Å². The van der Waals surface area contributed by atoms with Crippen LogP contribution in [0.4, 0.5) is 0 Å². The van der Waals surface area contributed by atoms with Crippen LogP contribution >= 0.6 is 0 Å². The molecule has 1 aromatic carbocycles. The van der Waals surface area contributed by atoms with E-state index in [1.54, 1.807) is 6.07 Å². The summed E-state index contributed by atoms with van der Waals surface area (Å²) in [6, 6.07) is 5.95. The molecule has 0 aromatic heterocycles. The predicted molar refractivity (Wildman–Crippen MR) is 111 cm³/mol. The van der Waals surface area contributed by atoms with Gasteiger partial charge < -0.3 is 20.2 Å². The van der Waals surface area contributed by atoms with Crippen molar-refractivity contribution in [2.75, 3.05) is 13.1 Å². The Kier molecular flexibility index (Phi) is 10.2. The lowest BCUT2D eigenvalue weighted by atomic mass is 9.96. The zero-order valence-electron chi connectivity index (χ0n) is 17.1. The molecule has 4 heteroatoms. The van der Waals surface area contributed by atoms with Crippen molar-refractivity contribution in [3.63, 3.8) is 0 Å². The summed E-state index contributed by atoms with van der Waals surface area (Å²) in [5.41, 5.74) is 1.74. The molecule has 1 saturated heterocycles. The number of nitrogens with zero attached hydrogens (tertiary/aromatic N) is 1. The lowest BCUT2D eigenvalue weighted by Gasteiger charge is -2.29. The monoisotopic (exact) mass is 377 g/mol. The Morgan fingerprint density at radius 1 is 1.04 bits per heavy atom. The Morgan fingerprint density at radius 2 is 1.78 bits per heavy atom. The predicted octanol–water partition coefficient (Wildman–Crippen LogP) is 4.39. The first kappa shape index (κ1) is 22.2. The summed E-state index contributed by atoms with van der Waals surface area (Å²) in [6.45, 7) is 4.38. The van der Waals surface area contributed by atoms with E-state index in [0.29, 0.717) is 11.6 Å². The minimum absolute atomic E-state index is 0.133. The molecule has 1 heterocycles. The highest BCUT2D eigenvalue weighted by Gasteiger charge is 2.24. The lowest BCUT2D eigenvalue weighted by molar-refractivity contribution is 0.100. The summed E-state index contributed by atoms with van der Waals surface area (Å²) in [5, 5.41) is 29.6. The van der Waals surface area contributed by atoms with Gasteiger partial charge in [0.25, 0.3) is 0 Å². The first-order valence-corrected chi connectivity index (χ1v) is 11.0. The lowest BCUT2D eigenvalue weighted by Crippen LogP contribution is -2.36. The van der Waals surface area contributed by atoms with E-state index < -0.39 is 0 Å². The molecule has 154 valence electrons. The smallest absolute Gasteiger partial charge is 0.121 e. The van der Waals surface area contributed by atoms with Gasteiger partial charge in [-0.25, -0.2) is 0 Å². The Labute approximate surface area is 165 Å².